The first-order chi connectivity index (χ1) is 31.1. The number of hydrogen-bond acceptors (Lipinski definition) is 13. The van der Waals surface area contributed by atoms with Gasteiger partial charge in [-0.2, -0.15) is 5.26 Å². The molecule has 16 nitrogen and oxygen atoms in total. The number of aromatic nitrogens is 2. The molecular weight excluding hydrogens is 848 g/mol. The van der Waals surface area contributed by atoms with E-state index in [4.69, 9.17) is 14.2 Å². The number of nitrogens with one attached hydrogen (secondary N) is 2. The highest BCUT2D eigenvalue weighted by Gasteiger charge is 2.64. The van der Waals surface area contributed by atoms with Crippen LogP contribution in [0.4, 0.5) is 10.3 Å². The van der Waals surface area contributed by atoms with Gasteiger partial charge >= 0.3 is 0 Å². The largest absolute Gasteiger partial charge is 0.496 e. The Morgan fingerprint density at radius 3 is 2.17 bits per heavy atom. The van der Waals surface area contributed by atoms with Crippen molar-refractivity contribution in [1.29, 1.82) is 5.26 Å². The van der Waals surface area contributed by atoms with Crippen LogP contribution in [0.15, 0.2) is 36.7 Å². The van der Waals surface area contributed by atoms with Gasteiger partial charge in [-0.3, -0.25) is 39.1 Å². The van der Waals surface area contributed by atoms with E-state index in [1.807, 2.05) is 30.9 Å². The second-order valence-electron chi connectivity index (χ2n) is 20.1. The third kappa shape index (κ3) is 8.33. The Morgan fingerprint density at radius 2 is 1.59 bits per heavy atom. The lowest BCUT2D eigenvalue weighted by atomic mass is 9.49. The van der Waals surface area contributed by atoms with Gasteiger partial charge in [0.25, 0.3) is 17.7 Å². The van der Waals surface area contributed by atoms with Crippen LogP contribution >= 0.6 is 0 Å². The predicted octanol–water partition coefficient (Wildman–Crippen LogP) is 5.62. The minimum atomic E-state index is -1.44. The topological polar surface area (TPSA) is 196 Å². The van der Waals surface area contributed by atoms with Crippen LogP contribution in [-0.2, 0) is 9.59 Å². The van der Waals surface area contributed by atoms with Crippen molar-refractivity contribution >= 4 is 35.5 Å². The second-order valence-corrected chi connectivity index (χ2v) is 20.1. The van der Waals surface area contributed by atoms with Gasteiger partial charge in [-0.05, 0) is 63.4 Å². The normalized spacial score (nSPS) is 25.1. The number of aryl methyl sites for hydroxylation is 2. The van der Waals surface area contributed by atoms with Crippen molar-refractivity contribution in [2.45, 2.75) is 136 Å². The number of rotatable bonds is 13. The fourth-order valence-corrected chi connectivity index (χ4v) is 11.1. The van der Waals surface area contributed by atoms with Crippen molar-refractivity contribution in [3.05, 3.63) is 70.0 Å². The van der Waals surface area contributed by atoms with E-state index >= 15 is 4.39 Å². The quantitative estimate of drug-likeness (QED) is 0.201. The number of carbonyl (C=O) groups excluding carboxylic acids is 5. The van der Waals surface area contributed by atoms with Crippen molar-refractivity contribution in [2.75, 3.05) is 31.6 Å². The van der Waals surface area contributed by atoms with E-state index in [0.29, 0.717) is 54.5 Å². The number of hydrogen-bond donors (Lipinski definition) is 2. The highest BCUT2D eigenvalue weighted by molar-refractivity contribution is 6.24. The molecule has 350 valence electrons. The first-order valence-corrected chi connectivity index (χ1v) is 22.8. The highest BCUT2D eigenvalue weighted by Crippen LogP contribution is 2.55. The lowest BCUT2D eigenvalue weighted by Crippen LogP contribution is -2.74. The molecule has 5 aliphatic rings. The lowest BCUT2D eigenvalue weighted by molar-refractivity contribution is -0.164. The van der Waals surface area contributed by atoms with Gasteiger partial charge in [0.15, 0.2) is 0 Å². The second kappa shape index (κ2) is 17.3. The molecule has 2 saturated carbocycles. The molecule has 0 radical (unpaired) electrons. The molecule has 1 unspecified atom stereocenters. The SMILES string of the molecule is COc1cc(OC2CC(N(CC3(F)CCN(c4ncc(C(=O)NC5C(C)(C)C(Oc6cc(C)c(C#N)c(C)c6)C5(C)C)cn4)CC3)C(C)C)C2)cc2c1C(=O)N(C1CCC(=O)NC1=O)C2=O. The molecule has 66 heavy (non-hydrogen) atoms. The van der Waals surface area contributed by atoms with Gasteiger partial charge in [-0.15, -0.1) is 0 Å². The van der Waals surface area contributed by atoms with E-state index in [0.717, 1.165) is 16.0 Å². The van der Waals surface area contributed by atoms with Gasteiger partial charge in [-0.1, -0.05) is 27.7 Å². The van der Waals surface area contributed by atoms with Crippen LogP contribution in [0.1, 0.15) is 128 Å². The number of imide groups is 2. The van der Waals surface area contributed by atoms with E-state index in [-0.39, 0.29) is 85.3 Å². The Bertz CT molecular complexity index is 2470. The third-order valence-corrected chi connectivity index (χ3v) is 14.5. The molecule has 17 heteroatoms. The number of alkyl halides is 1. The third-order valence-electron chi connectivity index (χ3n) is 14.5. The van der Waals surface area contributed by atoms with Crippen molar-refractivity contribution < 1.29 is 42.6 Å². The zero-order valence-electron chi connectivity index (χ0n) is 39.1. The summed E-state index contributed by atoms with van der Waals surface area (Å²) in [5.41, 5.74) is 0.563. The predicted molar refractivity (Wildman–Crippen MR) is 240 cm³/mol. The molecule has 1 atom stereocenters. The first-order valence-electron chi connectivity index (χ1n) is 22.8. The summed E-state index contributed by atoms with van der Waals surface area (Å²) in [6.45, 7) is 17.3. The van der Waals surface area contributed by atoms with E-state index < -0.39 is 46.2 Å². The minimum Gasteiger partial charge on any atom is -0.496 e. The average Bonchev–Trinajstić information content (AvgIpc) is 3.50. The average molecular weight is 907 g/mol. The number of anilines is 1. The van der Waals surface area contributed by atoms with Crippen LogP contribution in [-0.4, -0.2) is 118 Å². The molecule has 1 aromatic heterocycles. The number of nitriles is 1. The van der Waals surface area contributed by atoms with Gasteiger partial charge in [0.05, 0.1) is 35.4 Å². The van der Waals surface area contributed by atoms with Crippen LogP contribution < -0.4 is 29.7 Å². The Balaban J connectivity index is 0.828. The standard InChI is InChI=1S/C49H59FN8O8/c1-26(2)57(30-18-32(19-30)65-33-20-34-39(37(21-33)64-9)43(63)58(42(34)62)36-10-11-38(59)54-41(36)61)25-49(50)12-14-56(15-13-49)46-52-23-29(24-53-46)40(60)55-44-47(5,6)45(48(44,7)8)66-31-16-27(3)35(22-51)28(4)17-31/h16-17,20-21,23-24,26,30,32,36,44-45H,10-15,18-19,25H2,1-9H3,(H,55,60)(H,54,59,61). The van der Waals surface area contributed by atoms with E-state index in [9.17, 15) is 29.2 Å². The fraction of sp³-hybridized carbons (Fsp3) is 0.551. The summed E-state index contributed by atoms with van der Waals surface area (Å²) in [5, 5.41) is 14.9. The summed E-state index contributed by atoms with van der Waals surface area (Å²) in [7, 11) is 1.39. The van der Waals surface area contributed by atoms with Crippen LogP contribution in [0.5, 0.6) is 17.2 Å². The molecule has 4 heterocycles. The van der Waals surface area contributed by atoms with Crippen molar-refractivity contribution in [2.24, 2.45) is 10.8 Å². The zero-order valence-corrected chi connectivity index (χ0v) is 39.1. The molecule has 3 aromatic rings. The molecule has 8 rings (SSSR count). The number of amides is 5. The summed E-state index contributed by atoms with van der Waals surface area (Å²) < 4.78 is 35.0. The van der Waals surface area contributed by atoms with E-state index in [2.05, 4.69) is 73.1 Å². The van der Waals surface area contributed by atoms with Crippen molar-refractivity contribution in [3.63, 3.8) is 0 Å². The number of halogens is 1. The van der Waals surface area contributed by atoms with Crippen molar-refractivity contribution in [1.82, 2.24) is 30.4 Å². The molecule has 2 aromatic carbocycles. The van der Waals surface area contributed by atoms with Gasteiger partial charge < -0.3 is 24.4 Å². The Labute approximate surface area is 384 Å². The summed E-state index contributed by atoms with van der Waals surface area (Å²) in [6, 6.07) is 7.91. The number of piperidine rings is 2. The van der Waals surface area contributed by atoms with Crippen LogP contribution in [0.2, 0.25) is 0 Å². The molecule has 0 spiro atoms. The Hall–Kier alpha value is -6.15. The summed E-state index contributed by atoms with van der Waals surface area (Å²) in [5.74, 6) is -1.10. The Kier molecular flexibility index (Phi) is 12.1. The van der Waals surface area contributed by atoms with E-state index in [1.165, 1.54) is 25.6 Å². The molecular formula is C49H59FN8O8. The molecule has 2 N–H and O–H groups in total. The minimum absolute atomic E-state index is 0.0153. The van der Waals surface area contributed by atoms with Crippen LogP contribution in [0, 0.1) is 36.0 Å². The highest BCUT2D eigenvalue weighted by atomic mass is 19.1. The maximum absolute atomic E-state index is 16.7. The van der Waals surface area contributed by atoms with E-state index in [1.54, 1.807) is 6.07 Å². The van der Waals surface area contributed by atoms with Gasteiger partial charge in [0.1, 0.15) is 41.2 Å². The molecule has 2 aliphatic carbocycles. The lowest BCUT2D eigenvalue weighted by Gasteiger charge is -2.63. The number of methoxy groups -OCH3 is 1. The number of benzene rings is 2. The monoisotopic (exact) mass is 906 g/mol. The van der Waals surface area contributed by atoms with Crippen molar-refractivity contribution in [3.8, 4) is 23.3 Å². The number of carbonyl (C=O) groups is 5. The zero-order chi connectivity index (χ0) is 47.6. The first kappa shape index (κ1) is 46.4. The molecule has 3 aliphatic heterocycles. The number of fused-ring (bicyclic) bond motifs is 1. The maximum atomic E-state index is 16.7. The summed E-state index contributed by atoms with van der Waals surface area (Å²) in [4.78, 5) is 78.8. The Morgan fingerprint density at radius 1 is 0.970 bits per heavy atom. The molecule has 4 fully saturated rings. The van der Waals surface area contributed by atoms with Gasteiger partial charge in [-0.25, -0.2) is 14.4 Å². The van der Waals surface area contributed by atoms with Gasteiger partial charge in [0, 0.05) is 99.2 Å². The summed E-state index contributed by atoms with van der Waals surface area (Å²) in [6.07, 6.45) is 4.50. The molecule has 2 saturated heterocycles. The number of ether oxygens (including phenoxy) is 3. The van der Waals surface area contributed by atoms with Crippen LogP contribution in [0.25, 0.3) is 0 Å². The molecule has 5 amide bonds. The number of nitrogens with zero attached hydrogens (tertiary/aromatic N) is 6. The summed E-state index contributed by atoms with van der Waals surface area (Å²) >= 11 is 0. The molecule has 0 bridgehead atoms. The smallest absolute Gasteiger partial charge is 0.266 e. The fourth-order valence-electron chi connectivity index (χ4n) is 11.1. The van der Waals surface area contributed by atoms with Crippen LogP contribution in [0.3, 0.4) is 0 Å². The maximum Gasteiger partial charge on any atom is 0.266 e. The van der Waals surface area contributed by atoms with Gasteiger partial charge in [0.2, 0.25) is 17.8 Å².